The summed E-state index contributed by atoms with van der Waals surface area (Å²) >= 11 is 0. The smallest absolute Gasteiger partial charge is 0.257 e. The zero-order chi connectivity index (χ0) is 19.7. The summed E-state index contributed by atoms with van der Waals surface area (Å²) in [6, 6.07) is 11.9. The minimum atomic E-state index is 0.459. The third kappa shape index (κ3) is 2.98. The van der Waals surface area contributed by atoms with Crippen molar-refractivity contribution in [1.82, 2.24) is 19.9 Å². The largest absolute Gasteiger partial charge is 0.478 e. The minimum Gasteiger partial charge on any atom is -0.478 e. The van der Waals surface area contributed by atoms with Gasteiger partial charge in [0.25, 0.3) is 11.8 Å². The van der Waals surface area contributed by atoms with Gasteiger partial charge in [-0.3, -0.25) is 0 Å². The Balaban J connectivity index is 1.83. The molecule has 0 unspecified atom stereocenters. The first kappa shape index (κ1) is 17.7. The molecule has 0 saturated carbocycles. The van der Waals surface area contributed by atoms with Crippen molar-refractivity contribution in [3.05, 3.63) is 36.4 Å². The normalized spacial score (nSPS) is 10.9. The molecule has 8 nitrogen and oxygen atoms in total. The van der Waals surface area contributed by atoms with Gasteiger partial charge in [0.05, 0.1) is 36.3 Å². The van der Waals surface area contributed by atoms with Crippen LogP contribution in [0.5, 0.6) is 11.8 Å². The molecule has 2 aromatic heterocycles. The summed E-state index contributed by atoms with van der Waals surface area (Å²) < 4.78 is 10.6. The summed E-state index contributed by atoms with van der Waals surface area (Å²) in [5.74, 6) is 2.13. The molecule has 8 heteroatoms. The summed E-state index contributed by atoms with van der Waals surface area (Å²) in [5, 5.41) is 5.99. The van der Waals surface area contributed by atoms with Gasteiger partial charge in [-0.05, 0) is 35.4 Å². The maximum atomic E-state index is 5.32. The minimum absolute atomic E-state index is 0.459. The van der Waals surface area contributed by atoms with E-state index >= 15 is 0 Å². The van der Waals surface area contributed by atoms with E-state index in [1.54, 1.807) is 28.3 Å². The number of fused-ring (bicyclic) bond motifs is 2. The van der Waals surface area contributed by atoms with Crippen molar-refractivity contribution in [2.24, 2.45) is 0 Å². The average molecular weight is 376 g/mol. The van der Waals surface area contributed by atoms with Crippen molar-refractivity contribution in [3.63, 3.8) is 0 Å². The van der Waals surface area contributed by atoms with Gasteiger partial charge in [0.15, 0.2) is 11.6 Å². The molecule has 0 aliphatic carbocycles. The summed E-state index contributed by atoms with van der Waals surface area (Å²) in [6.45, 7) is 0. The Labute approximate surface area is 162 Å². The van der Waals surface area contributed by atoms with Crippen LogP contribution in [0.2, 0.25) is 0 Å². The van der Waals surface area contributed by atoms with E-state index < -0.39 is 0 Å². The van der Waals surface area contributed by atoms with Crippen molar-refractivity contribution in [2.75, 3.05) is 38.9 Å². The van der Waals surface area contributed by atoms with Gasteiger partial charge in [-0.2, -0.15) is 0 Å². The van der Waals surface area contributed by atoms with Crippen LogP contribution in [-0.2, 0) is 0 Å². The van der Waals surface area contributed by atoms with Gasteiger partial charge < -0.3 is 20.1 Å². The number of hydrogen-bond donors (Lipinski definition) is 2. The number of methoxy groups -OCH3 is 2. The number of anilines is 2. The van der Waals surface area contributed by atoms with Crippen LogP contribution in [0, 0.1) is 0 Å². The fraction of sp³-hybridized carbons (Fsp3) is 0.200. The Kier molecular flexibility index (Phi) is 4.52. The Morgan fingerprint density at radius 1 is 0.607 bits per heavy atom. The maximum absolute atomic E-state index is 5.32. The quantitative estimate of drug-likeness (QED) is 0.548. The van der Waals surface area contributed by atoms with Crippen molar-refractivity contribution < 1.29 is 9.47 Å². The van der Waals surface area contributed by atoms with Gasteiger partial charge in [0.1, 0.15) is 0 Å². The SMILES string of the molecule is CNc1nc2ccc(-c3ccc4nc(NC)c(OC)nc4c3)cc2nc1OC. The van der Waals surface area contributed by atoms with Crippen molar-refractivity contribution in [1.29, 1.82) is 0 Å². The van der Waals surface area contributed by atoms with E-state index in [-0.39, 0.29) is 0 Å². The lowest BCUT2D eigenvalue weighted by Gasteiger charge is -2.10. The molecule has 4 rings (SSSR count). The molecule has 0 amide bonds. The van der Waals surface area contributed by atoms with E-state index in [1.807, 2.05) is 36.4 Å². The molecule has 28 heavy (non-hydrogen) atoms. The fourth-order valence-electron chi connectivity index (χ4n) is 3.05. The van der Waals surface area contributed by atoms with E-state index in [2.05, 4.69) is 30.6 Å². The zero-order valence-electron chi connectivity index (χ0n) is 16.1. The lowest BCUT2D eigenvalue weighted by molar-refractivity contribution is 0.400. The summed E-state index contributed by atoms with van der Waals surface area (Å²) in [7, 11) is 6.73. The molecule has 0 bridgehead atoms. The highest BCUT2D eigenvalue weighted by Crippen LogP contribution is 2.30. The molecule has 0 atom stereocenters. The highest BCUT2D eigenvalue weighted by atomic mass is 16.5. The third-order valence-electron chi connectivity index (χ3n) is 4.46. The standard InChI is InChI=1S/C20H20N6O2/c1-21-17-19(27-3)25-15-9-11(5-7-13(15)23-17)12-6-8-14-16(10-12)26-20(28-4)18(22-2)24-14/h5-10H,1-4H3,(H,21,23)(H,22,24). The molecular formula is C20H20N6O2. The van der Waals surface area contributed by atoms with Gasteiger partial charge in [-0.1, -0.05) is 12.1 Å². The van der Waals surface area contributed by atoms with Gasteiger partial charge in [-0.25, -0.2) is 19.9 Å². The molecule has 0 aliphatic rings. The highest BCUT2D eigenvalue weighted by Gasteiger charge is 2.11. The summed E-state index contributed by atoms with van der Waals surface area (Å²) in [6.07, 6.45) is 0. The van der Waals surface area contributed by atoms with Gasteiger partial charge in [0.2, 0.25) is 0 Å². The van der Waals surface area contributed by atoms with Crippen LogP contribution in [0.25, 0.3) is 33.2 Å². The Hall–Kier alpha value is -3.68. The number of ether oxygens (including phenoxy) is 2. The maximum Gasteiger partial charge on any atom is 0.257 e. The number of benzene rings is 2. The van der Waals surface area contributed by atoms with Crippen LogP contribution < -0.4 is 20.1 Å². The van der Waals surface area contributed by atoms with E-state index in [0.717, 1.165) is 33.2 Å². The monoisotopic (exact) mass is 376 g/mol. The molecule has 2 heterocycles. The number of nitrogens with zero attached hydrogens (tertiary/aromatic N) is 4. The van der Waals surface area contributed by atoms with Crippen molar-refractivity contribution >= 4 is 33.7 Å². The van der Waals surface area contributed by atoms with Crippen LogP contribution in [0.3, 0.4) is 0 Å². The first-order valence-corrected chi connectivity index (χ1v) is 8.74. The molecule has 0 fully saturated rings. The third-order valence-corrected chi connectivity index (χ3v) is 4.46. The Morgan fingerprint density at radius 2 is 1.04 bits per heavy atom. The number of rotatable bonds is 5. The molecule has 0 aliphatic heterocycles. The van der Waals surface area contributed by atoms with Crippen LogP contribution in [0.4, 0.5) is 11.6 Å². The lowest BCUT2D eigenvalue weighted by Crippen LogP contribution is -2.00. The first-order chi connectivity index (χ1) is 13.7. The first-order valence-electron chi connectivity index (χ1n) is 8.74. The number of hydrogen-bond acceptors (Lipinski definition) is 8. The molecular weight excluding hydrogens is 356 g/mol. The van der Waals surface area contributed by atoms with E-state index in [9.17, 15) is 0 Å². The topological polar surface area (TPSA) is 94.1 Å². The predicted octanol–water partition coefficient (Wildman–Crippen LogP) is 3.34. The van der Waals surface area contributed by atoms with Gasteiger partial charge in [-0.15, -0.1) is 0 Å². The number of nitrogens with one attached hydrogen (secondary N) is 2. The lowest BCUT2D eigenvalue weighted by atomic mass is 10.0. The summed E-state index contributed by atoms with van der Waals surface area (Å²) in [5.41, 5.74) is 5.08. The zero-order valence-corrected chi connectivity index (χ0v) is 16.1. The Bertz CT molecular complexity index is 1090. The van der Waals surface area contributed by atoms with E-state index in [4.69, 9.17) is 9.47 Å². The predicted molar refractivity (Wildman–Crippen MR) is 110 cm³/mol. The molecule has 142 valence electrons. The van der Waals surface area contributed by atoms with Crippen LogP contribution in [0.1, 0.15) is 0 Å². The average Bonchev–Trinajstić information content (AvgIpc) is 2.76. The fourth-order valence-corrected chi connectivity index (χ4v) is 3.05. The second kappa shape index (κ2) is 7.15. The molecule has 2 aromatic carbocycles. The number of aromatic nitrogens is 4. The van der Waals surface area contributed by atoms with Gasteiger partial charge >= 0.3 is 0 Å². The van der Waals surface area contributed by atoms with Crippen LogP contribution in [0.15, 0.2) is 36.4 Å². The second-order valence-electron chi connectivity index (χ2n) is 6.07. The molecule has 2 N–H and O–H groups in total. The Morgan fingerprint density at radius 3 is 1.39 bits per heavy atom. The molecule has 0 radical (unpaired) electrons. The van der Waals surface area contributed by atoms with E-state index in [1.165, 1.54) is 0 Å². The van der Waals surface area contributed by atoms with Crippen molar-refractivity contribution in [3.8, 4) is 22.9 Å². The van der Waals surface area contributed by atoms with Crippen LogP contribution >= 0.6 is 0 Å². The second-order valence-corrected chi connectivity index (χ2v) is 6.07. The highest BCUT2D eigenvalue weighted by molar-refractivity contribution is 5.87. The van der Waals surface area contributed by atoms with Crippen LogP contribution in [-0.4, -0.2) is 48.3 Å². The molecule has 0 saturated heterocycles. The van der Waals surface area contributed by atoms with Gasteiger partial charge in [0, 0.05) is 14.1 Å². The van der Waals surface area contributed by atoms with Crippen molar-refractivity contribution in [2.45, 2.75) is 0 Å². The molecule has 4 aromatic rings. The van der Waals surface area contributed by atoms with E-state index in [0.29, 0.717) is 23.4 Å². The summed E-state index contributed by atoms with van der Waals surface area (Å²) in [4.78, 5) is 18.2. The molecule has 0 spiro atoms.